The average molecular weight is 465 g/mol. The van der Waals surface area contributed by atoms with Crippen LogP contribution in [-0.2, 0) is 20.8 Å². The number of aromatic nitrogens is 3. The van der Waals surface area contributed by atoms with E-state index in [-0.39, 0.29) is 18.6 Å². The van der Waals surface area contributed by atoms with Gasteiger partial charge in [0.1, 0.15) is 18.5 Å². The molecule has 0 fully saturated rings. The second-order valence-electron chi connectivity index (χ2n) is 7.23. The smallest absolute Gasteiger partial charge is 0.410 e. The second kappa shape index (κ2) is 9.39. The third-order valence-corrected chi connectivity index (χ3v) is 5.12. The third-order valence-electron chi connectivity index (χ3n) is 4.52. The van der Waals surface area contributed by atoms with E-state index in [1.807, 2.05) is 26.1 Å². The number of ether oxygens (including phenoxy) is 2. The van der Waals surface area contributed by atoms with Gasteiger partial charge in [-0.05, 0) is 40.8 Å². The fourth-order valence-electron chi connectivity index (χ4n) is 3.17. The Kier molecular flexibility index (Phi) is 6.89. The number of nitrogens with zero attached hydrogens (tertiary/aromatic N) is 4. The van der Waals surface area contributed by atoms with Crippen LogP contribution in [0.4, 0.5) is 4.79 Å². The van der Waals surface area contributed by atoms with Crippen LogP contribution >= 0.6 is 15.9 Å². The van der Waals surface area contributed by atoms with Crippen molar-refractivity contribution in [3.63, 3.8) is 0 Å². The van der Waals surface area contributed by atoms with E-state index in [4.69, 9.17) is 9.47 Å². The molecule has 0 aromatic carbocycles. The second-order valence-corrected chi connectivity index (χ2v) is 8.08. The van der Waals surface area contributed by atoms with Crippen molar-refractivity contribution >= 4 is 44.6 Å². The van der Waals surface area contributed by atoms with E-state index in [9.17, 15) is 9.59 Å². The lowest BCUT2D eigenvalue weighted by atomic mass is 10.0. The molecule has 0 spiro atoms. The number of hydrogen-bond donors (Lipinski definition) is 0. The first-order chi connectivity index (χ1) is 13.9. The molecule has 3 rings (SSSR count). The number of carbonyl (C=O) groups excluding carboxylic acids is 2. The maximum absolute atomic E-state index is 12.2. The first kappa shape index (κ1) is 21.3. The molecule has 1 aliphatic heterocycles. The Labute approximate surface area is 178 Å². The van der Waals surface area contributed by atoms with Gasteiger partial charge in [0.15, 0.2) is 0 Å². The predicted molar refractivity (Wildman–Crippen MR) is 112 cm³/mol. The van der Waals surface area contributed by atoms with Crippen molar-refractivity contribution in [3.05, 3.63) is 28.8 Å². The van der Waals surface area contributed by atoms with E-state index >= 15 is 0 Å². The molecule has 1 amide bonds. The Bertz CT molecular complexity index is 938. The van der Waals surface area contributed by atoms with Gasteiger partial charge in [0.25, 0.3) is 0 Å². The standard InChI is InChI=1S/C20H25BrN4O4/c1-4-28-16(26)10-25-9-15(21)17-18(22-12-23-19(17)25)14-5-7-24(8-6-14)20(27)29-11-13(2)3/h5,9,12-13H,4,6-8,10-11H2,1-3H3. The molecule has 8 nitrogen and oxygen atoms in total. The molecule has 0 radical (unpaired) electrons. The van der Waals surface area contributed by atoms with Gasteiger partial charge in [-0.1, -0.05) is 19.9 Å². The van der Waals surface area contributed by atoms with E-state index in [0.717, 1.165) is 21.1 Å². The topological polar surface area (TPSA) is 86.5 Å². The van der Waals surface area contributed by atoms with Crippen LogP contribution in [0.3, 0.4) is 0 Å². The van der Waals surface area contributed by atoms with Crippen molar-refractivity contribution < 1.29 is 19.1 Å². The van der Waals surface area contributed by atoms with Gasteiger partial charge < -0.3 is 18.9 Å². The highest BCUT2D eigenvalue weighted by atomic mass is 79.9. The maximum atomic E-state index is 12.2. The minimum Gasteiger partial charge on any atom is -0.465 e. The van der Waals surface area contributed by atoms with Gasteiger partial charge in [-0.2, -0.15) is 0 Å². The largest absolute Gasteiger partial charge is 0.465 e. The summed E-state index contributed by atoms with van der Waals surface area (Å²) in [7, 11) is 0. The molecule has 0 aliphatic carbocycles. The van der Waals surface area contributed by atoms with Gasteiger partial charge in [-0.25, -0.2) is 14.8 Å². The number of amides is 1. The van der Waals surface area contributed by atoms with Crippen molar-refractivity contribution in [2.75, 3.05) is 26.3 Å². The fraction of sp³-hybridized carbons (Fsp3) is 0.500. The minimum atomic E-state index is -0.315. The molecule has 29 heavy (non-hydrogen) atoms. The van der Waals surface area contributed by atoms with E-state index < -0.39 is 0 Å². The SMILES string of the molecule is CCOC(=O)Cn1cc(Br)c2c(C3=CCN(C(=O)OCC(C)C)CC3)ncnc21. The number of carbonyl (C=O) groups is 2. The van der Waals surface area contributed by atoms with Gasteiger partial charge in [0, 0.05) is 23.8 Å². The van der Waals surface area contributed by atoms with E-state index in [2.05, 4.69) is 25.9 Å². The summed E-state index contributed by atoms with van der Waals surface area (Å²) in [6.07, 6.45) is 5.69. The van der Waals surface area contributed by atoms with E-state index in [0.29, 0.717) is 44.3 Å². The van der Waals surface area contributed by atoms with Gasteiger partial charge in [0.2, 0.25) is 0 Å². The van der Waals surface area contributed by atoms with Crippen LogP contribution in [0, 0.1) is 5.92 Å². The summed E-state index contributed by atoms with van der Waals surface area (Å²) in [6.45, 7) is 7.66. The predicted octanol–water partition coefficient (Wildman–Crippen LogP) is 3.64. The molecule has 1 aliphatic rings. The summed E-state index contributed by atoms with van der Waals surface area (Å²) >= 11 is 3.57. The highest BCUT2D eigenvalue weighted by Crippen LogP contribution is 2.33. The number of hydrogen-bond acceptors (Lipinski definition) is 6. The van der Waals surface area contributed by atoms with Crippen molar-refractivity contribution in [3.8, 4) is 0 Å². The van der Waals surface area contributed by atoms with Gasteiger partial charge in [0.05, 0.1) is 24.3 Å². The van der Waals surface area contributed by atoms with E-state index in [1.165, 1.54) is 6.33 Å². The Morgan fingerprint density at radius 1 is 1.28 bits per heavy atom. The monoisotopic (exact) mass is 464 g/mol. The summed E-state index contributed by atoms with van der Waals surface area (Å²) in [5, 5.41) is 0.846. The molecule has 2 aromatic heterocycles. The van der Waals surface area contributed by atoms with Crippen molar-refractivity contribution in [1.29, 1.82) is 0 Å². The molecule has 0 N–H and O–H groups in total. The zero-order valence-corrected chi connectivity index (χ0v) is 18.4. The molecule has 0 saturated heterocycles. The highest BCUT2D eigenvalue weighted by molar-refractivity contribution is 9.10. The first-order valence-electron chi connectivity index (χ1n) is 9.66. The van der Waals surface area contributed by atoms with Crippen LogP contribution in [0.2, 0.25) is 0 Å². The molecule has 9 heteroatoms. The first-order valence-corrected chi connectivity index (χ1v) is 10.5. The molecular formula is C20H25BrN4O4. The summed E-state index contributed by atoms with van der Waals surface area (Å²) in [6, 6.07) is 0. The zero-order chi connectivity index (χ0) is 21.0. The summed E-state index contributed by atoms with van der Waals surface area (Å²) in [5.41, 5.74) is 2.51. The van der Waals surface area contributed by atoms with Crippen LogP contribution in [0.15, 0.2) is 23.1 Å². The van der Waals surface area contributed by atoms with Crippen molar-refractivity contribution in [2.45, 2.75) is 33.7 Å². The molecule has 156 valence electrons. The van der Waals surface area contributed by atoms with Gasteiger partial charge >= 0.3 is 12.1 Å². The zero-order valence-electron chi connectivity index (χ0n) is 16.9. The van der Waals surface area contributed by atoms with Crippen molar-refractivity contribution in [1.82, 2.24) is 19.4 Å². The lowest BCUT2D eigenvalue weighted by molar-refractivity contribution is -0.143. The molecule has 0 unspecified atom stereocenters. The molecule has 0 atom stereocenters. The normalized spacial score (nSPS) is 14.2. The lowest BCUT2D eigenvalue weighted by Gasteiger charge is -2.26. The number of fused-ring (bicyclic) bond motifs is 1. The average Bonchev–Trinajstić information content (AvgIpc) is 3.02. The van der Waals surface area contributed by atoms with Crippen LogP contribution in [0.1, 0.15) is 32.9 Å². The fourth-order valence-corrected chi connectivity index (χ4v) is 3.78. The summed E-state index contributed by atoms with van der Waals surface area (Å²) in [5.74, 6) is -0.00960. The molecule has 0 bridgehead atoms. The Morgan fingerprint density at radius 2 is 2.07 bits per heavy atom. The van der Waals surface area contributed by atoms with Crippen molar-refractivity contribution in [2.24, 2.45) is 5.92 Å². The van der Waals surface area contributed by atoms with Crippen LogP contribution in [-0.4, -0.2) is 57.8 Å². The lowest BCUT2D eigenvalue weighted by Crippen LogP contribution is -2.35. The van der Waals surface area contributed by atoms with Gasteiger partial charge in [-0.15, -0.1) is 0 Å². The molecule has 2 aromatic rings. The Balaban J connectivity index is 1.81. The number of rotatable bonds is 6. The Morgan fingerprint density at radius 3 is 2.72 bits per heavy atom. The maximum Gasteiger partial charge on any atom is 0.410 e. The van der Waals surface area contributed by atoms with Crippen LogP contribution in [0.25, 0.3) is 16.6 Å². The number of halogens is 1. The minimum absolute atomic E-state index is 0.0842. The quantitative estimate of drug-likeness (QED) is 0.606. The molecule has 3 heterocycles. The van der Waals surface area contributed by atoms with Crippen LogP contribution < -0.4 is 0 Å². The van der Waals surface area contributed by atoms with Gasteiger partial charge in [-0.3, -0.25) is 4.79 Å². The Hall–Kier alpha value is -2.42. The molecular weight excluding hydrogens is 440 g/mol. The van der Waals surface area contributed by atoms with Crippen LogP contribution in [0.5, 0.6) is 0 Å². The summed E-state index contributed by atoms with van der Waals surface area (Å²) < 4.78 is 12.9. The number of esters is 1. The third kappa shape index (κ3) is 4.95. The molecule has 0 saturated carbocycles. The highest BCUT2D eigenvalue weighted by Gasteiger charge is 2.23. The van der Waals surface area contributed by atoms with E-state index in [1.54, 1.807) is 16.4 Å². The summed E-state index contributed by atoms with van der Waals surface area (Å²) in [4.78, 5) is 34.6.